The third kappa shape index (κ3) is 1.84. The van der Waals surface area contributed by atoms with Gasteiger partial charge in [0.1, 0.15) is 0 Å². The summed E-state index contributed by atoms with van der Waals surface area (Å²) in [5.41, 5.74) is 0.138. The number of ketones is 1. The molecule has 0 aromatic heterocycles. The number of halogens is 2. The van der Waals surface area contributed by atoms with E-state index in [-0.39, 0.29) is 10.6 Å². The van der Waals surface area contributed by atoms with Gasteiger partial charge in [-0.3, -0.25) is 9.59 Å². The molecule has 0 unspecified atom stereocenters. The van der Waals surface area contributed by atoms with Crippen LogP contribution in [-0.2, 0) is 4.79 Å². The highest BCUT2D eigenvalue weighted by Gasteiger charge is 2.15. The van der Waals surface area contributed by atoms with Crippen LogP contribution in [0.3, 0.4) is 0 Å². The lowest BCUT2D eigenvalue weighted by Gasteiger charge is -1.96. The Bertz CT molecular complexity index is 334. The van der Waals surface area contributed by atoms with Crippen molar-refractivity contribution < 1.29 is 9.59 Å². The van der Waals surface area contributed by atoms with Gasteiger partial charge in [0.15, 0.2) is 0 Å². The summed E-state index contributed by atoms with van der Waals surface area (Å²) in [5, 5.41) is -0.792. The molecule has 4 heteroatoms. The number of hydrogen-bond acceptors (Lipinski definition) is 2. The SMILES string of the molecule is O=C(Cl)C(=O)c1ccccc1Cl. The third-order valence-corrected chi connectivity index (χ3v) is 1.80. The maximum atomic E-state index is 11.0. The fourth-order valence-electron chi connectivity index (χ4n) is 0.751. The number of hydrogen-bond donors (Lipinski definition) is 0. The summed E-state index contributed by atoms with van der Waals surface area (Å²) in [7, 11) is 0. The molecule has 0 fully saturated rings. The third-order valence-electron chi connectivity index (χ3n) is 1.30. The van der Waals surface area contributed by atoms with Crippen molar-refractivity contribution in [1.29, 1.82) is 0 Å². The lowest BCUT2D eigenvalue weighted by molar-refractivity contribution is -0.108. The molecule has 0 saturated heterocycles. The first kappa shape index (κ1) is 9.23. The Labute approximate surface area is 79.1 Å². The standard InChI is InChI=1S/C8H4Cl2O2/c9-6-4-2-1-3-5(6)7(11)8(10)12/h1-4H. The van der Waals surface area contributed by atoms with Crippen LogP contribution in [0.4, 0.5) is 0 Å². The normalized spacial score (nSPS) is 9.50. The van der Waals surface area contributed by atoms with Crippen molar-refractivity contribution in [1.82, 2.24) is 0 Å². The van der Waals surface area contributed by atoms with Crippen molar-refractivity contribution in [3.8, 4) is 0 Å². The maximum Gasteiger partial charge on any atom is 0.293 e. The molecule has 0 amide bonds. The van der Waals surface area contributed by atoms with E-state index in [0.29, 0.717) is 0 Å². The average molecular weight is 203 g/mol. The van der Waals surface area contributed by atoms with E-state index in [4.69, 9.17) is 23.2 Å². The summed E-state index contributed by atoms with van der Waals surface area (Å²) in [6.45, 7) is 0. The van der Waals surface area contributed by atoms with Gasteiger partial charge in [-0.2, -0.15) is 0 Å². The molecule has 1 rings (SSSR count). The summed E-state index contributed by atoms with van der Waals surface area (Å²) in [6.07, 6.45) is 0. The summed E-state index contributed by atoms with van der Waals surface area (Å²) < 4.78 is 0. The lowest BCUT2D eigenvalue weighted by atomic mass is 10.1. The van der Waals surface area contributed by atoms with Crippen LogP contribution in [-0.4, -0.2) is 11.0 Å². The molecule has 0 N–H and O–H groups in total. The first-order chi connectivity index (χ1) is 5.63. The first-order valence-corrected chi connectivity index (χ1v) is 3.87. The van der Waals surface area contributed by atoms with Gasteiger partial charge in [0.05, 0.1) is 5.02 Å². The van der Waals surface area contributed by atoms with Gasteiger partial charge in [-0.05, 0) is 23.7 Å². The van der Waals surface area contributed by atoms with Crippen LogP contribution in [0.15, 0.2) is 24.3 Å². The molecule has 0 aliphatic heterocycles. The second-order valence-corrected chi connectivity index (χ2v) is 2.83. The smallest absolute Gasteiger partial charge is 0.284 e. The van der Waals surface area contributed by atoms with Crippen molar-refractivity contribution >= 4 is 34.2 Å². The minimum atomic E-state index is -1.02. The molecule has 0 saturated carbocycles. The first-order valence-electron chi connectivity index (χ1n) is 3.11. The van der Waals surface area contributed by atoms with Crippen LogP contribution in [0, 0.1) is 0 Å². The summed E-state index contributed by atoms with van der Waals surface area (Å²) in [6, 6.07) is 6.25. The van der Waals surface area contributed by atoms with Crippen molar-refractivity contribution in [2.75, 3.05) is 0 Å². The number of carbonyl (C=O) groups excluding carboxylic acids is 2. The van der Waals surface area contributed by atoms with Crippen molar-refractivity contribution in [3.05, 3.63) is 34.9 Å². The topological polar surface area (TPSA) is 34.1 Å². The van der Waals surface area contributed by atoms with Crippen LogP contribution in [0.2, 0.25) is 5.02 Å². The summed E-state index contributed by atoms with van der Waals surface area (Å²) >= 11 is 10.6. The number of carbonyl (C=O) groups is 2. The second-order valence-electron chi connectivity index (χ2n) is 2.08. The molecule has 0 bridgehead atoms. The molecule has 62 valence electrons. The van der Waals surface area contributed by atoms with E-state index in [9.17, 15) is 9.59 Å². The lowest BCUT2D eigenvalue weighted by Crippen LogP contribution is -2.07. The average Bonchev–Trinajstić information content (AvgIpc) is 2.04. The van der Waals surface area contributed by atoms with Crippen LogP contribution < -0.4 is 0 Å². The Morgan fingerprint density at radius 3 is 2.25 bits per heavy atom. The van der Waals surface area contributed by atoms with Gasteiger partial charge >= 0.3 is 0 Å². The van der Waals surface area contributed by atoms with Crippen LogP contribution in [0.1, 0.15) is 10.4 Å². The number of rotatable bonds is 2. The molecule has 0 aliphatic carbocycles. The van der Waals surface area contributed by atoms with Crippen LogP contribution in [0.5, 0.6) is 0 Å². The Kier molecular flexibility index (Phi) is 2.84. The molecule has 1 aromatic carbocycles. The van der Waals surface area contributed by atoms with E-state index in [2.05, 4.69) is 0 Å². The number of benzene rings is 1. The minimum Gasteiger partial charge on any atom is -0.284 e. The summed E-state index contributed by atoms with van der Waals surface area (Å²) in [5.74, 6) is -0.776. The predicted molar refractivity (Wildman–Crippen MR) is 46.6 cm³/mol. The van der Waals surface area contributed by atoms with Crippen molar-refractivity contribution in [2.45, 2.75) is 0 Å². The van der Waals surface area contributed by atoms with E-state index in [0.717, 1.165) is 0 Å². The van der Waals surface area contributed by atoms with Gasteiger partial charge in [0.25, 0.3) is 5.24 Å². The van der Waals surface area contributed by atoms with Gasteiger partial charge < -0.3 is 0 Å². The monoisotopic (exact) mass is 202 g/mol. The van der Waals surface area contributed by atoms with E-state index < -0.39 is 11.0 Å². The highest BCUT2D eigenvalue weighted by molar-refractivity contribution is 6.83. The minimum absolute atomic E-state index is 0.138. The zero-order valence-electron chi connectivity index (χ0n) is 5.88. The highest BCUT2D eigenvalue weighted by atomic mass is 35.5. The fourth-order valence-corrected chi connectivity index (χ4v) is 1.07. The molecule has 0 radical (unpaired) electrons. The van der Waals surface area contributed by atoms with Gasteiger partial charge in [0.2, 0.25) is 5.78 Å². The van der Waals surface area contributed by atoms with E-state index in [1.807, 2.05) is 0 Å². The van der Waals surface area contributed by atoms with Gasteiger partial charge in [-0.15, -0.1) is 0 Å². The van der Waals surface area contributed by atoms with Crippen LogP contribution in [0.25, 0.3) is 0 Å². The highest BCUT2D eigenvalue weighted by Crippen LogP contribution is 2.16. The zero-order valence-corrected chi connectivity index (χ0v) is 7.39. The van der Waals surface area contributed by atoms with E-state index in [1.54, 1.807) is 12.1 Å². The fraction of sp³-hybridized carbons (Fsp3) is 0. The molecule has 1 aromatic rings. The van der Waals surface area contributed by atoms with E-state index >= 15 is 0 Å². The maximum absolute atomic E-state index is 11.0. The molecule has 0 heterocycles. The zero-order chi connectivity index (χ0) is 9.14. The quantitative estimate of drug-likeness (QED) is 0.419. The molecule has 12 heavy (non-hydrogen) atoms. The predicted octanol–water partition coefficient (Wildman–Crippen LogP) is 2.29. The Balaban J connectivity index is 3.11. The molecule has 0 atom stereocenters. The number of Topliss-reactive ketones (excluding diaryl/α,β-unsaturated/α-hetero) is 1. The molecule has 0 aliphatic rings. The Morgan fingerprint density at radius 1 is 1.17 bits per heavy atom. The molecular formula is C8H4Cl2O2. The van der Waals surface area contributed by atoms with E-state index in [1.165, 1.54) is 12.1 Å². The van der Waals surface area contributed by atoms with Crippen LogP contribution >= 0.6 is 23.2 Å². The van der Waals surface area contributed by atoms with Crippen molar-refractivity contribution in [2.24, 2.45) is 0 Å². The molecule has 0 spiro atoms. The van der Waals surface area contributed by atoms with Gasteiger partial charge in [0, 0.05) is 5.56 Å². The Morgan fingerprint density at radius 2 is 1.75 bits per heavy atom. The van der Waals surface area contributed by atoms with Gasteiger partial charge in [-0.25, -0.2) is 0 Å². The Hall–Kier alpha value is -0.860. The van der Waals surface area contributed by atoms with Gasteiger partial charge in [-0.1, -0.05) is 23.7 Å². The second kappa shape index (κ2) is 3.70. The largest absolute Gasteiger partial charge is 0.293 e. The molecule has 2 nitrogen and oxygen atoms in total. The summed E-state index contributed by atoms with van der Waals surface area (Å²) in [4.78, 5) is 21.5. The molecular weight excluding hydrogens is 199 g/mol. The van der Waals surface area contributed by atoms with Crippen molar-refractivity contribution in [3.63, 3.8) is 0 Å².